The number of ether oxygens (including phenoxy) is 2. The molecule has 2 aromatic carbocycles. The minimum atomic E-state index is -0.579. The van der Waals surface area contributed by atoms with Gasteiger partial charge in [0.05, 0.1) is 13.2 Å². The summed E-state index contributed by atoms with van der Waals surface area (Å²) >= 11 is 3.45. The van der Waals surface area contributed by atoms with Crippen LogP contribution in [0.2, 0.25) is 0 Å². The van der Waals surface area contributed by atoms with E-state index in [-0.39, 0.29) is 24.3 Å². The first-order valence-corrected chi connectivity index (χ1v) is 12.8. The van der Waals surface area contributed by atoms with Gasteiger partial charge in [-0.15, -0.1) is 0 Å². The van der Waals surface area contributed by atoms with Gasteiger partial charge < -0.3 is 19.7 Å². The van der Waals surface area contributed by atoms with Gasteiger partial charge in [-0.2, -0.15) is 0 Å². The number of benzene rings is 2. The van der Waals surface area contributed by atoms with Gasteiger partial charge in [0, 0.05) is 23.5 Å². The number of amides is 2. The van der Waals surface area contributed by atoms with Crippen molar-refractivity contribution in [3.63, 3.8) is 0 Å². The molecule has 0 saturated heterocycles. The molecule has 2 amide bonds. The molecule has 0 spiro atoms. The quantitative estimate of drug-likeness (QED) is 0.369. The molecule has 34 heavy (non-hydrogen) atoms. The van der Waals surface area contributed by atoms with E-state index in [1.165, 1.54) is 0 Å². The van der Waals surface area contributed by atoms with Crippen LogP contribution in [0.3, 0.4) is 0 Å². The normalized spacial score (nSPS) is 12.5. The van der Waals surface area contributed by atoms with E-state index >= 15 is 0 Å². The third-order valence-electron chi connectivity index (χ3n) is 5.67. The van der Waals surface area contributed by atoms with Crippen molar-refractivity contribution in [1.82, 2.24) is 10.2 Å². The van der Waals surface area contributed by atoms with Crippen molar-refractivity contribution in [2.24, 2.45) is 0 Å². The largest absolute Gasteiger partial charge is 0.490 e. The molecule has 6 nitrogen and oxygen atoms in total. The monoisotopic (exact) mass is 532 g/mol. The summed E-state index contributed by atoms with van der Waals surface area (Å²) in [5.41, 5.74) is 1.96. The fourth-order valence-electron chi connectivity index (χ4n) is 3.48. The van der Waals surface area contributed by atoms with E-state index in [4.69, 9.17) is 9.47 Å². The molecule has 0 fully saturated rings. The second-order valence-corrected chi connectivity index (χ2v) is 9.20. The second-order valence-electron chi connectivity index (χ2n) is 8.29. The van der Waals surface area contributed by atoms with Crippen LogP contribution in [0.15, 0.2) is 46.9 Å². The van der Waals surface area contributed by atoms with Gasteiger partial charge >= 0.3 is 0 Å². The SMILES string of the molecule is CCOc1ccc(CCC(=O)N(Cc2ccc(Br)cc2)[C@H](C)C(=O)N[C@@H](C)CC)cc1OCC. The van der Waals surface area contributed by atoms with Crippen molar-refractivity contribution in [2.75, 3.05) is 13.2 Å². The molecule has 0 aliphatic carbocycles. The van der Waals surface area contributed by atoms with Crippen molar-refractivity contribution in [3.05, 3.63) is 58.1 Å². The van der Waals surface area contributed by atoms with Gasteiger partial charge in [0.15, 0.2) is 11.5 Å². The highest BCUT2D eigenvalue weighted by atomic mass is 79.9. The number of aryl methyl sites for hydroxylation is 1. The lowest BCUT2D eigenvalue weighted by Crippen LogP contribution is -2.49. The van der Waals surface area contributed by atoms with Gasteiger partial charge in [-0.25, -0.2) is 0 Å². The summed E-state index contributed by atoms with van der Waals surface area (Å²) in [7, 11) is 0. The van der Waals surface area contributed by atoms with E-state index < -0.39 is 6.04 Å². The van der Waals surface area contributed by atoms with Crippen LogP contribution in [0, 0.1) is 0 Å². The molecule has 1 N–H and O–H groups in total. The summed E-state index contributed by atoms with van der Waals surface area (Å²) in [6.07, 6.45) is 1.66. The third-order valence-corrected chi connectivity index (χ3v) is 6.20. The van der Waals surface area contributed by atoms with Crippen LogP contribution in [-0.4, -0.2) is 42.0 Å². The Morgan fingerprint density at radius 2 is 1.56 bits per heavy atom. The highest BCUT2D eigenvalue weighted by Crippen LogP contribution is 2.29. The Bertz CT molecular complexity index is 933. The van der Waals surface area contributed by atoms with Gasteiger partial charge in [-0.05, 0) is 75.9 Å². The number of nitrogens with one attached hydrogen (secondary N) is 1. The van der Waals surface area contributed by atoms with Gasteiger partial charge in [0.1, 0.15) is 6.04 Å². The average molecular weight is 534 g/mol. The fourth-order valence-corrected chi connectivity index (χ4v) is 3.74. The number of carbonyl (C=O) groups excluding carboxylic acids is 2. The Hall–Kier alpha value is -2.54. The smallest absolute Gasteiger partial charge is 0.242 e. The maximum absolute atomic E-state index is 13.3. The first kappa shape index (κ1) is 27.7. The number of hydrogen-bond acceptors (Lipinski definition) is 4. The maximum atomic E-state index is 13.3. The molecule has 2 rings (SSSR count). The number of halogens is 1. The van der Waals surface area contributed by atoms with Crippen LogP contribution in [0.4, 0.5) is 0 Å². The Labute approximate surface area is 212 Å². The van der Waals surface area contributed by atoms with Crippen molar-refractivity contribution < 1.29 is 19.1 Å². The zero-order valence-electron chi connectivity index (χ0n) is 20.9. The molecule has 0 aromatic heterocycles. The lowest BCUT2D eigenvalue weighted by molar-refractivity contribution is -0.140. The Balaban J connectivity index is 2.17. The summed E-state index contributed by atoms with van der Waals surface area (Å²) in [5, 5.41) is 3.00. The summed E-state index contributed by atoms with van der Waals surface area (Å²) in [6, 6.07) is 13.1. The minimum Gasteiger partial charge on any atom is -0.490 e. The van der Waals surface area contributed by atoms with Gasteiger partial charge in [0.25, 0.3) is 0 Å². The van der Waals surface area contributed by atoms with E-state index in [1.807, 2.05) is 70.2 Å². The molecule has 0 heterocycles. The molecule has 0 saturated carbocycles. The van der Waals surface area contributed by atoms with Crippen LogP contribution in [0.25, 0.3) is 0 Å². The van der Waals surface area contributed by atoms with Crippen LogP contribution < -0.4 is 14.8 Å². The van der Waals surface area contributed by atoms with Crippen LogP contribution in [0.1, 0.15) is 58.6 Å². The molecule has 0 aliphatic heterocycles. The van der Waals surface area contributed by atoms with E-state index in [1.54, 1.807) is 11.8 Å². The van der Waals surface area contributed by atoms with Crippen LogP contribution in [-0.2, 0) is 22.6 Å². The Morgan fingerprint density at radius 1 is 0.941 bits per heavy atom. The average Bonchev–Trinajstić information content (AvgIpc) is 2.83. The van der Waals surface area contributed by atoms with Gasteiger partial charge in [-0.1, -0.05) is 41.1 Å². The van der Waals surface area contributed by atoms with E-state index in [9.17, 15) is 9.59 Å². The highest BCUT2D eigenvalue weighted by Gasteiger charge is 2.26. The number of hydrogen-bond donors (Lipinski definition) is 1. The second kappa shape index (κ2) is 14.0. The molecular formula is C27H37BrN2O4. The first-order chi connectivity index (χ1) is 16.3. The van der Waals surface area contributed by atoms with Crippen molar-refractivity contribution in [3.8, 4) is 11.5 Å². The van der Waals surface area contributed by atoms with Crippen molar-refractivity contribution in [2.45, 2.75) is 72.5 Å². The predicted octanol–water partition coefficient (Wildman–Crippen LogP) is 5.51. The first-order valence-electron chi connectivity index (χ1n) is 12.0. The maximum Gasteiger partial charge on any atom is 0.242 e. The molecule has 0 unspecified atom stereocenters. The molecule has 2 atom stereocenters. The van der Waals surface area contributed by atoms with E-state index in [0.29, 0.717) is 37.7 Å². The molecule has 0 bridgehead atoms. The number of carbonyl (C=O) groups is 2. The Kier molecular flexibility index (Phi) is 11.4. The minimum absolute atomic E-state index is 0.0559. The van der Waals surface area contributed by atoms with Crippen molar-refractivity contribution in [1.29, 1.82) is 0 Å². The lowest BCUT2D eigenvalue weighted by Gasteiger charge is -2.30. The molecule has 2 aromatic rings. The highest BCUT2D eigenvalue weighted by molar-refractivity contribution is 9.10. The van der Waals surface area contributed by atoms with Crippen LogP contribution in [0.5, 0.6) is 11.5 Å². The Morgan fingerprint density at radius 3 is 2.18 bits per heavy atom. The van der Waals surface area contributed by atoms with Crippen molar-refractivity contribution >= 4 is 27.7 Å². The summed E-state index contributed by atoms with van der Waals surface area (Å²) < 4.78 is 12.3. The molecule has 7 heteroatoms. The summed E-state index contributed by atoms with van der Waals surface area (Å²) in [6.45, 7) is 11.1. The van der Waals surface area contributed by atoms with E-state index in [0.717, 1.165) is 22.0 Å². The summed E-state index contributed by atoms with van der Waals surface area (Å²) in [5.74, 6) is 1.18. The third kappa shape index (κ3) is 8.35. The fraction of sp³-hybridized carbons (Fsp3) is 0.481. The van der Waals surface area contributed by atoms with Crippen LogP contribution >= 0.6 is 15.9 Å². The number of nitrogens with zero attached hydrogens (tertiary/aromatic N) is 1. The lowest BCUT2D eigenvalue weighted by atomic mass is 10.1. The zero-order valence-corrected chi connectivity index (χ0v) is 22.5. The number of rotatable bonds is 13. The molecule has 0 aliphatic rings. The topological polar surface area (TPSA) is 67.9 Å². The molecular weight excluding hydrogens is 496 g/mol. The standard InChI is InChI=1S/C27H37BrN2O4/c1-6-19(4)29-27(32)20(5)30(18-22-9-13-23(28)14-10-22)26(31)16-12-21-11-15-24(33-7-2)25(17-21)34-8-3/h9-11,13-15,17,19-20H,6-8,12,16,18H2,1-5H3,(H,29,32)/t19-,20+/m0/s1. The summed E-state index contributed by atoms with van der Waals surface area (Å²) in [4.78, 5) is 27.9. The molecule has 186 valence electrons. The molecule has 0 radical (unpaired) electrons. The zero-order chi connectivity index (χ0) is 25.1. The predicted molar refractivity (Wildman–Crippen MR) is 139 cm³/mol. The van der Waals surface area contributed by atoms with Gasteiger partial charge in [-0.3, -0.25) is 9.59 Å². The van der Waals surface area contributed by atoms with E-state index in [2.05, 4.69) is 21.2 Å². The van der Waals surface area contributed by atoms with Gasteiger partial charge in [0.2, 0.25) is 11.8 Å².